The van der Waals surface area contributed by atoms with Gasteiger partial charge in [-0.1, -0.05) is 375 Å². The lowest BCUT2D eigenvalue weighted by atomic mass is 10.0. The van der Waals surface area contributed by atoms with Gasteiger partial charge in [-0.25, -0.2) is 44.9 Å². The molecular weight excluding hydrogens is 1710 g/mol. The van der Waals surface area contributed by atoms with E-state index in [0.717, 1.165) is 90.3 Å². The van der Waals surface area contributed by atoms with Crippen LogP contribution >= 0.6 is 0 Å². The summed E-state index contributed by atoms with van der Waals surface area (Å²) in [5, 5.41) is 4.78. The van der Waals surface area contributed by atoms with Gasteiger partial charge in [0, 0.05) is 104 Å². The van der Waals surface area contributed by atoms with Crippen molar-refractivity contribution in [2.45, 2.75) is 41.5 Å². The molecule has 0 atom stereocenters. The first-order chi connectivity index (χ1) is 68.7. The summed E-state index contributed by atoms with van der Waals surface area (Å²) in [6.45, 7) is 12.1. The topological polar surface area (TPSA) is 129 Å². The van der Waals surface area contributed by atoms with Crippen LogP contribution in [-0.2, 0) is 0 Å². The molecule has 19 aromatic carbocycles. The van der Waals surface area contributed by atoms with Crippen molar-refractivity contribution in [2.75, 3.05) is 33.7 Å². The molecule has 3 heterocycles. The minimum atomic E-state index is 0.686. The van der Waals surface area contributed by atoms with Gasteiger partial charge >= 0.3 is 0 Å². The van der Waals surface area contributed by atoms with Gasteiger partial charge in [0.15, 0.2) is 34.9 Å². The molecule has 0 unspecified atom stereocenters. The number of aryl methyl sites for hydroxylation is 6. The van der Waals surface area contributed by atoms with Crippen LogP contribution in [0.4, 0.5) is 56.9 Å². The summed E-state index contributed by atoms with van der Waals surface area (Å²) in [6.07, 6.45) is 0. The summed E-state index contributed by atoms with van der Waals surface area (Å²) in [4.78, 5) is 50.3. The van der Waals surface area contributed by atoms with Crippen LogP contribution in [0, 0.1) is 41.5 Å². The molecule has 22 aromatic rings. The van der Waals surface area contributed by atoms with Gasteiger partial charge in [-0.2, -0.15) is 0 Å². The van der Waals surface area contributed by atoms with Crippen LogP contribution in [-0.4, -0.2) is 59.0 Å². The fourth-order valence-electron chi connectivity index (χ4n) is 16.3. The van der Waals surface area contributed by atoms with E-state index in [0.29, 0.717) is 40.8 Å². The van der Waals surface area contributed by atoms with E-state index >= 15 is 0 Å². The van der Waals surface area contributed by atoms with Gasteiger partial charge in [0.05, 0.1) is 0 Å². The van der Waals surface area contributed by atoms with Crippen molar-refractivity contribution >= 4 is 78.4 Å². The Balaban J connectivity index is 0.000000119. The van der Waals surface area contributed by atoms with Gasteiger partial charge < -0.3 is 19.6 Å². The molecule has 22 rings (SSSR count). The molecule has 680 valence electrons. The number of hydrogen-bond acceptors (Lipinski definition) is 13. The number of fused-ring (bicyclic) bond motifs is 2. The Morgan fingerprint density at radius 3 is 0.650 bits per heavy atom. The second kappa shape index (κ2) is 46.2. The molecule has 0 saturated carbocycles. The Labute approximate surface area is 821 Å². The molecule has 140 heavy (non-hydrogen) atoms. The maximum absolute atomic E-state index is 4.82. The van der Waals surface area contributed by atoms with Gasteiger partial charge in [-0.05, 0) is 230 Å². The predicted molar refractivity (Wildman–Crippen MR) is 584 cm³/mol. The Bertz CT molecular complexity index is 7210. The van der Waals surface area contributed by atoms with E-state index in [-0.39, 0.29) is 0 Å². The third-order valence-corrected chi connectivity index (χ3v) is 23.5. The summed E-state index contributed by atoms with van der Waals surface area (Å²) in [5.41, 5.74) is 26.0. The van der Waals surface area contributed by atoms with Crippen molar-refractivity contribution in [3.8, 4) is 90.6 Å². The molecular formula is C127H107N13. The third kappa shape index (κ3) is 24.7. The van der Waals surface area contributed by atoms with Gasteiger partial charge in [-0.3, -0.25) is 0 Å². The van der Waals surface area contributed by atoms with Crippen LogP contribution in [0.3, 0.4) is 0 Å². The molecule has 0 aliphatic heterocycles. The number of aromatic nitrogens is 9. The van der Waals surface area contributed by atoms with Crippen molar-refractivity contribution in [1.82, 2.24) is 44.9 Å². The van der Waals surface area contributed by atoms with E-state index in [1.54, 1.807) is 0 Å². The molecule has 13 nitrogen and oxygen atoms in total. The van der Waals surface area contributed by atoms with Crippen LogP contribution in [0.25, 0.3) is 112 Å². The first kappa shape index (κ1) is 93.7. The van der Waals surface area contributed by atoms with E-state index in [4.69, 9.17) is 9.97 Å². The summed E-state index contributed by atoms with van der Waals surface area (Å²) >= 11 is 0. The number of rotatable bonds is 18. The SMILES string of the molecule is CN(c1ccccc1)c1ccccc1.Cc1cc(N(c2ccccc2)c2ccccc2)cc(N(c2ccccc2)c2ccccc2)c1.Cc1ccc(N(C)c2ccc(C)cc2)cc1.Cc1nc(-c2ccc3ccccc3c2)nc(-c2ccc3ccccc3c2)n1.Cc1nc(-c2cccc(-c3ccccc3)c2)nc(-c2cccc(-c3ccccc3)c2)n1.Cc1nc(-c2ccccc2)nc(-c2ccccc2)n1. The van der Waals surface area contributed by atoms with Crippen LogP contribution < -0.4 is 19.6 Å². The van der Waals surface area contributed by atoms with Crippen LogP contribution in [0.15, 0.2) is 504 Å². The lowest BCUT2D eigenvalue weighted by Crippen LogP contribution is -2.13. The molecule has 0 spiro atoms. The van der Waals surface area contributed by atoms with Gasteiger partial charge in [0.2, 0.25) is 0 Å². The zero-order valence-corrected chi connectivity index (χ0v) is 79.7. The quantitative estimate of drug-likeness (QED) is 0.0809. The maximum atomic E-state index is 4.82. The zero-order chi connectivity index (χ0) is 96.1. The average Bonchev–Trinajstić information content (AvgIpc) is 0.435. The molecule has 0 fully saturated rings. The summed E-state index contributed by atoms with van der Waals surface area (Å²) in [5.74, 6) is 6.36. The van der Waals surface area contributed by atoms with Crippen molar-refractivity contribution in [3.05, 3.63) is 538 Å². The Kier molecular flexibility index (Phi) is 31.0. The van der Waals surface area contributed by atoms with Crippen molar-refractivity contribution in [3.63, 3.8) is 0 Å². The van der Waals surface area contributed by atoms with E-state index in [1.165, 1.54) is 72.1 Å². The highest BCUT2D eigenvalue weighted by Gasteiger charge is 2.20. The smallest absolute Gasteiger partial charge is 0.163 e. The van der Waals surface area contributed by atoms with Gasteiger partial charge in [0.1, 0.15) is 17.5 Å². The summed E-state index contributed by atoms with van der Waals surface area (Å²) in [6, 6.07) is 173. The fraction of sp³-hybridized carbons (Fsp3) is 0.0630. The first-order valence-corrected chi connectivity index (χ1v) is 46.9. The van der Waals surface area contributed by atoms with E-state index in [9.17, 15) is 0 Å². The number of benzene rings is 19. The summed E-state index contributed by atoms with van der Waals surface area (Å²) in [7, 11) is 4.17. The van der Waals surface area contributed by atoms with Crippen molar-refractivity contribution < 1.29 is 0 Å². The minimum Gasteiger partial charge on any atom is -0.345 e. The number of hydrogen-bond donors (Lipinski definition) is 0. The van der Waals surface area contributed by atoms with Crippen LogP contribution in [0.2, 0.25) is 0 Å². The molecule has 0 saturated heterocycles. The average molecular weight is 1820 g/mol. The molecule has 3 aromatic heterocycles. The second-order valence-electron chi connectivity index (χ2n) is 33.8. The maximum Gasteiger partial charge on any atom is 0.163 e. The lowest BCUT2D eigenvalue weighted by molar-refractivity contribution is 0.991. The zero-order valence-electron chi connectivity index (χ0n) is 79.7. The largest absolute Gasteiger partial charge is 0.345 e. The highest BCUT2D eigenvalue weighted by Crippen LogP contribution is 2.42. The fourth-order valence-corrected chi connectivity index (χ4v) is 16.3. The number of anilines is 10. The van der Waals surface area contributed by atoms with Crippen molar-refractivity contribution in [2.24, 2.45) is 0 Å². The highest BCUT2D eigenvalue weighted by atomic mass is 15.2. The molecule has 0 aliphatic rings. The van der Waals surface area contributed by atoms with E-state index < -0.39 is 0 Å². The van der Waals surface area contributed by atoms with E-state index in [2.05, 4.69) is 435 Å². The highest BCUT2D eigenvalue weighted by molar-refractivity contribution is 5.89. The Morgan fingerprint density at radius 1 is 0.136 bits per heavy atom. The van der Waals surface area contributed by atoms with Gasteiger partial charge in [-0.15, -0.1) is 0 Å². The van der Waals surface area contributed by atoms with Crippen molar-refractivity contribution in [1.29, 1.82) is 0 Å². The molecule has 0 amide bonds. The molecule has 0 radical (unpaired) electrons. The molecule has 0 bridgehead atoms. The predicted octanol–water partition coefficient (Wildman–Crippen LogP) is 32.6. The van der Waals surface area contributed by atoms with Crippen LogP contribution in [0.1, 0.15) is 34.2 Å². The van der Waals surface area contributed by atoms with E-state index in [1.807, 2.05) is 178 Å². The lowest BCUT2D eigenvalue weighted by Gasteiger charge is -2.30. The third-order valence-electron chi connectivity index (χ3n) is 23.5. The van der Waals surface area contributed by atoms with Gasteiger partial charge in [0.25, 0.3) is 0 Å². The molecule has 13 heteroatoms. The number of para-hydroxylation sites is 6. The number of nitrogens with zero attached hydrogens (tertiary/aromatic N) is 13. The standard InChI is InChI=1S/C31H26N2.C28H21N3.C24H17N3.C16H13N3.C15H17N.C13H13N/c1-25-22-30(32(26-14-6-2-7-15-26)27-16-8-3-9-17-27)24-31(23-25)33(28-18-10-4-11-19-28)29-20-12-5-13-21-29;1-20-29-27(25-16-8-14-23(18-25)21-10-4-2-5-11-21)31-28(30-20)26-17-9-15-24(19-26)22-12-6-3-7-13-22;1-16-25-23(21-12-10-17-6-2-4-8-19(17)14-21)27-24(26-16)22-13-11-18-7-3-5-9-20(18)15-22;1-12-17-15(13-8-4-2-5-9-13)19-16(18-12)14-10-6-3-7-11-14;1-12-4-8-14(9-5-12)16(3)15-10-6-13(2)7-11-15;1-14(12-8-4-2-5-9-12)13-10-6-3-7-11-13/h2-24H,1H3;2-19H,1H3;2-15H,1H3;2-11H,1H3;4-11H,1-3H3;2-11H,1H3. The normalized spacial score (nSPS) is 10.6. The Hall–Kier alpha value is -18.1. The van der Waals surface area contributed by atoms with Crippen LogP contribution in [0.5, 0.6) is 0 Å². The minimum absolute atomic E-state index is 0.686. The first-order valence-electron chi connectivity index (χ1n) is 46.9. The molecule has 0 aliphatic carbocycles. The second-order valence-corrected chi connectivity index (χ2v) is 33.8. The monoisotopic (exact) mass is 1810 g/mol. The summed E-state index contributed by atoms with van der Waals surface area (Å²) < 4.78 is 0. The molecule has 0 N–H and O–H groups in total. The Morgan fingerprint density at radius 2 is 0.357 bits per heavy atom.